The molecule has 94 valence electrons. The second-order valence-electron chi connectivity index (χ2n) is 3.75. The zero-order valence-electron chi connectivity index (χ0n) is 9.85. The molecule has 0 aliphatic rings. The largest absolute Gasteiger partial charge is 0.477 e. The van der Waals surface area contributed by atoms with Crippen molar-refractivity contribution in [3.05, 3.63) is 40.0 Å². The highest BCUT2D eigenvalue weighted by molar-refractivity contribution is 9.10. The van der Waals surface area contributed by atoms with Crippen LogP contribution in [0.2, 0.25) is 0 Å². The highest BCUT2D eigenvalue weighted by atomic mass is 79.9. The van der Waals surface area contributed by atoms with Gasteiger partial charge >= 0.3 is 5.97 Å². The van der Waals surface area contributed by atoms with E-state index < -0.39 is 5.97 Å². The van der Waals surface area contributed by atoms with Gasteiger partial charge in [0.25, 0.3) is 0 Å². The number of hydrogen-bond donors (Lipinski definition) is 1. The minimum Gasteiger partial charge on any atom is -0.477 e. The summed E-state index contributed by atoms with van der Waals surface area (Å²) in [6.45, 7) is 1.64. The van der Waals surface area contributed by atoms with E-state index in [1.54, 1.807) is 26.1 Å². The number of halogens is 1. The minimum absolute atomic E-state index is 0.0810. The van der Waals surface area contributed by atoms with Crippen molar-refractivity contribution in [3.63, 3.8) is 0 Å². The van der Waals surface area contributed by atoms with Gasteiger partial charge in [0, 0.05) is 11.5 Å². The first kappa shape index (κ1) is 12.6. The van der Waals surface area contributed by atoms with Crippen molar-refractivity contribution in [2.45, 2.75) is 6.92 Å². The van der Waals surface area contributed by atoms with Crippen LogP contribution in [0.3, 0.4) is 0 Å². The van der Waals surface area contributed by atoms with E-state index in [4.69, 9.17) is 9.84 Å². The van der Waals surface area contributed by atoms with Crippen LogP contribution in [-0.2, 0) is 7.05 Å². The summed E-state index contributed by atoms with van der Waals surface area (Å²) < 4.78 is 7.87. The third-order valence-corrected chi connectivity index (χ3v) is 2.89. The molecule has 0 amide bonds. The molecule has 0 unspecified atom stereocenters. The van der Waals surface area contributed by atoms with E-state index in [0.717, 1.165) is 4.47 Å². The number of carbonyl (C=O) groups is 1. The number of carboxylic acids is 1. The van der Waals surface area contributed by atoms with Crippen molar-refractivity contribution < 1.29 is 14.6 Å². The van der Waals surface area contributed by atoms with Crippen LogP contribution in [0.5, 0.6) is 11.6 Å². The molecule has 1 heterocycles. The Kier molecular flexibility index (Phi) is 3.38. The first-order valence-corrected chi connectivity index (χ1v) is 5.98. The van der Waals surface area contributed by atoms with E-state index in [1.807, 2.05) is 12.1 Å². The standard InChI is InChI=1S/C12H11BrN2O3/c1-7-10(12(16)17)11(15(2)14-7)18-9-5-3-4-8(13)6-9/h3-6H,1-2H3,(H,16,17). The van der Waals surface area contributed by atoms with Gasteiger partial charge in [-0.05, 0) is 25.1 Å². The monoisotopic (exact) mass is 310 g/mol. The van der Waals surface area contributed by atoms with E-state index in [1.165, 1.54) is 4.68 Å². The number of rotatable bonds is 3. The molecule has 0 spiro atoms. The summed E-state index contributed by atoms with van der Waals surface area (Å²) in [7, 11) is 1.65. The lowest BCUT2D eigenvalue weighted by Crippen LogP contribution is -2.01. The van der Waals surface area contributed by atoms with Crippen LogP contribution in [-0.4, -0.2) is 20.9 Å². The lowest BCUT2D eigenvalue weighted by atomic mass is 10.2. The number of nitrogens with zero attached hydrogens (tertiary/aromatic N) is 2. The van der Waals surface area contributed by atoms with Crippen molar-refractivity contribution in [2.24, 2.45) is 7.05 Å². The van der Waals surface area contributed by atoms with Gasteiger partial charge in [-0.25, -0.2) is 9.48 Å². The highest BCUT2D eigenvalue weighted by Gasteiger charge is 2.21. The molecular formula is C12H11BrN2O3. The SMILES string of the molecule is Cc1nn(C)c(Oc2cccc(Br)c2)c1C(=O)O. The molecule has 6 heteroatoms. The third kappa shape index (κ3) is 2.38. The molecule has 0 aliphatic heterocycles. The van der Waals surface area contributed by atoms with Crippen molar-refractivity contribution in [3.8, 4) is 11.6 Å². The van der Waals surface area contributed by atoms with Crippen LogP contribution in [0.4, 0.5) is 0 Å². The fourth-order valence-electron chi connectivity index (χ4n) is 1.64. The first-order chi connectivity index (χ1) is 8.49. The Balaban J connectivity index is 2.43. The van der Waals surface area contributed by atoms with Gasteiger partial charge in [0.05, 0.1) is 5.69 Å². The van der Waals surface area contributed by atoms with Gasteiger partial charge in [0.2, 0.25) is 5.88 Å². The maximum atomic E-state index is 11.2. The molecule has 0 radical (unpaired) electrons. The zero-order chi connectivity index (χ0) is 13.3. The van der Waals surface area contributed by atoms with E-state index in [2.05, 4.69) is 21.0 Å². The molecule has 5 nitrogen and oxygen atoms in total. The molecule has 1 N–H and O–H groups in total. The summed E-state index contributed by atoms with van der Waals surface area (Å²) in [5.41, 5.74) is 0.507. The number of ether oxygens (including phenoxy) is 1. The van der Waals surface area contributed by atoms with Gasteiger partial charge in [-0.2, -0.15) is 5.10 Å². The van der Waals surface area contributed by atoms with E-state index in [0.29, 0.717) is 11.4 Å². The minimum atomic E-state index is -1.05. The number of aromatic carboxylic acids is 1. The van der Waals surface area contributed by atoms with Crippen molar-refractivity contribution in [1.29, 1.82) is 0 Å². The number of aryl methyl sites for hydroxylation is 2. The Bertz CT molecular complexity index is 607. The van der Waals surface area contributed by atoms with Crippen LogP contribution >= 0.6 is 15.9 Å². The highest BCUT2D eigenvalue weighted by Crippen LogP contribution is 2.28. The zero-order valence-corrected chi connectivity index (χ0v) is 11.4. The Morgan fingerprint density at radius 3 is 2.83 bits per heavy atom. The molecule has 2 rings (SSSR count). The Morgan fingerprint density at radius 2 is 2.22 bits per heavy atom. The average molecular weight is 311 g/mol. The summed E-state index contributed by atoms with van der Waals surface area (Å²) in [5.74, 6) is -0.279. The molecule has 0 saturated heterocycles. The maximum Gasteiger partial charge on any atom is 0.343 e. The van der Waals surface area contributed by atoms with Crippen LogP contribution in [0.15, 0.2) is 28.7 Å². The van der Waals surface area contributed by atoms with Gasteiger partial charge in [-0.3, -0.25) is 0 Å². The van der Waals surface area contributed by atoms with Crippen LogP contribution in [0.1, 0.15) is 16.1 Å². The van der Waals surface area contributed by atoms with Crippen LogP contribution < -0.4 is 4.74 Å². The lowest BCUT2D eigenvalue weighted by molar-refractivity contribution is 0.0693. The maximum absolute atomic E-state index is 11.2. The van der Waals surface area contributed by atoms with Crippen molar-refractivity contribution in [1.82, 2.24) is 9.78 Å². The summed E-state index contributed by atoms with van der Waals surface area (Å²) in [4.78, 5) is 11.2. The third-order valence-electron chi connectivity index (χ3n) is 2.39. The number of benzene rings is 1. The molecular weight excluding hydrogens is 300 g/mol. The predicted molar refractivity (Wildman–Crippen MR) is 69.1 cm³/mol. The molecule has 0 bridgehead atoms. The molecule has 0 saturated carbocycles. The fraction of sp³-hybridized carbons (Fsp3) is 0.167. The molecule has 0 aliphatic carbocycles. The van der Waals surface area contributed by atoms with Gasteiger partial charge in [0.1, 0.15) is 11.3 Å². The van der Waals surface area contributed by atoms with Gasteiger partial charge in [-0.1, -0.05) is 22.0 Å². The molecule has 18 heavy (non-hydrogen) atoms. The topological polar surface area (TPSA) is 64.4 Å². The van der Waals surface area contributed by atoms with E-state index in [-0.39, 0.29) is 11.4 Å². The second-order valence-corrected chi connectivity index (χ2v) is 4.67. The predicted octanol–water partition coefficient (Wildman–Crippen LogP) is 2.98. The number of hydrogen-bond acceptors (Lipinski definition) is 3. The quantitative estimate of drug-likeness (QED) is 0.946. The second kappa shape index (κ2) is 4.81. The summed E-state index contributed by atoms with van der Waals surface area (Å²) in [6.07, 6.45) is 0. The van der Waals surface area contributed by atoms with Gasteiger partial charge < -0.3 is 9.84 Å². The number of aromatic nitrogens is 2. The summed E-state index contributed by atoms with van der Waals surface area (Å²) in [6, 6.07) is 7.18. The van der Waals surface area contributed by atoms with Crippen molar-refractivity contribution >= 4 is 21.9 Å². The lowest BCUT2D eigenvalue weighted by Gasteiger charge is -2.07. The summed E-state index contributed by atoms with van der Waals surface area (Å²) in [5, 5.41) is 13.2. The van der Waals surface area contributed by atoms with Crippen LogP contribution in [0.25, 0.3) is 0 Å². The normalized spacial score (nSPS) is 10.4. The molecule has 0 atom stereocenters. The van der Waals surface area contributed by atoms with Gasteiger partial charge in [0.15, 0.2) is 0 Å². The summed E-state index contributed by atoms with van der Waals surface area (Å²) >= 11 is 3.33. The molecule has 1 aromatic carbocycles. The molecule has 1 aromatic heterocycles. The first-order valence-electron chi connectivity index (χ1n) is 5.19. The fourth-order valence-corrected chi connectivity index (χ4v) is 2.02. The van der Waals surface area contributed by atoms with E-state index >= 15 is 0 Å². The van der Waals surface area contributed by atoms with Crippen LogP contribution in [0, 0.1) is 6.92 Å². The Hall–Kier alpha value is -1.82. The molecule has 2 aromatic rings. The smallest absolute Gasteiger partial charge is 0.343 e. The molecule has 0 fully saturated rings. The Morgan fingerprint density at radius 1 is 1.50 bits per heavy atom. The van der Waals surface area contributed by atoms with E-state index in [9.17, 15) is 4.79 Å². The average Bonchev–Trinajstić information content (AvgIpc) is 2.53. The van der Waals surface area contributed by atoms with Gasteiger partial charge in [-0.15, -0.1) is 0 Å². The Labute approximate surface area is 112 Å². The van der Waals surface area contributed by atoms with Crippen molar-refractivity contribution in [2.75, 3.05) is 0 Å². The number of carboxylic acid groups (broad SMARTS) is 1.